The molecular weight excluding hydrogens is 444 g/mol. The molecule has 5 nitrogen and oxygen atoms in total. The number of anilines is 4. The van der Waals surface area contributed by atoms with Gasteiger partial charge in [0.1, 0.15) is 23.0 Å². The smallest absolute Gasteiger partial charge is 0.190 e. The highest BCUT2D eigenvalue weighted by atomic mass is 16.5. The van der Waals surface area contributed by atoms with Gasteiger partial charge in [-0.2, -0.15) is 0 Å². The molecule has 1 aliphatic carbocycles. The molecule has 0 atom stereocenters. The Morgan fingerprint density at radius 2 is 1.44 bits per heavy atom. The van der Waals surface area contributed by atoms with E-state index in [1.54, 1.807) is 0 Å². The van der Waals surface area contributed by atoms with Gasteiger partial charge in [-0.1, -0.05) is 78.0 Å². The van der Waals surface area contributed by atoms with Gasteiger partial charge in [0, 0.05) is 18.3 Å². The van der Waals surface area contributed by atoms with Crippen LogP contribution in [0.3, 0.4) is 0 Å². The van der Waals surface area contributed by atoms with Gasteiger partial charge in [0.05, 0.1) is 0 Å². The molecule has 36 heavy (non-hydrogen) atoms. The summed E-state index contributed by atoms with van der Waals surface area (Å²) in [7, 11) is 2.01. The predicted octanol–water partition coefficient (Wildman–Crippen LogP) is 8.10. The average molecular weight is 473 g/mol. The molecule has 0 bridgehead atoms. The number of aromatic nitrogens is 2. The van der Waals surface area contributed by atoms with Gasteiger partial charge in [0.15, 0.2) is 5.76 Å². The van der Waals surface area contributed by atoms with E-state index in [-0.39, 0.29) is 0 Å². The molecule has 1 fully saturated rings. The van der Waals surface area contributed by atoms with Crippen LogP contribution in [0.4, 0.5) is 23.0 Å². The summed E-state index contributed by atoms with van der Waals surface area (Å²) >= 11 is 0. The minimum absolute atomic E-state index is 0.701. The minimum Gasteiger partial charge on any atom is -0.354 e. The van der Waals surface area contributed by atoms with Crippen LogP contribution >= 0.6 is 0 Å². The Labute approximate surface area is 211 Å². The summed E-state index contributed by atoms with van der Waals surface area (Å²) in [5.41, 5.74) is 7.51. The van der Waals surface area contributed by atoms with Crippen LogP contribution in [0.2, 0.25) is 0 Å². The van der Waals surface area contributed by atoms with Crippen LogP contribution in [0, 0.1) is 6.92 Å². The van der Waals surface area contributed by atoms with Crippen LogP contribution in [0.15, 0.2) is 102 Å². The fourth-order valence-corrected chi connectivity index (χ4v) is 4.48. The molecular formula is C31H28N4O. The Bertz CT molecular complexity index is 1470. The molecule has 1 N–H and O–H groups in total. The maximum absolute atomic E-state index is 5.74. The lowest BCUT2D eigenvalue weighted by Gasteiger charge is -2.19. The van der Waals surface area contributed by atoms with E-state index in [1.165, 1.54) is 29.5 Å². The van der Waals surface area contributed by atoms with E-state index in [1.807, 2.05) is 50.4 Å². The monoisotopic (exact) mass is 472 g/mol. The zero-order chi connectivity index (χ0) is 24.5. The van der Waals surface area contributed by atoms with E-state index in [0.29, 0.717) is 5.76 Å². The Kier molecular flexibility index (Phi) is 5.74. The number of hydrogen-bond donors (Lipinski definition) is 1. The number of nitrogens with zero attached hydrogens (tertiary/aromatic N) is 3. The Morgan fingerprint density at radius 3 is 2.14 bits per heavy atom. The number of rotatable bonds is 7. The van der Waals surface area contributed by atoms with E-state index in [0.717, 1.165) is 40.2 Å². The molecule has 3 aromatic carbocycles. The van der Waals surface area contributed by atoms with E-state index < -0.39 is 0 Å². The molecule has 0 radical (unpaired) electrons. The fraction of sp³-hybridized carbons (Fsp3) is 0.161. The van der Waals surface area contributed by atoms with Crippen molar-refractivity contribution in [2.24, 2.45) is 0 Å². The van der Waals surface area contributed by atoms with Crippen LogP contribution in [0.5, 0.6) is 0 Å². The maximum atomic E-state index is 5.74. The van der Waals surface area contributed by atoms with Crippen molar-refractivity contribution in [2.75, 3.05) is 17.3 Å². The first kappa shape index (κ1) is 22.1. The lowest BCUT2D eigenvalue weighted by molar-refractivity contribution is 0.427. The van der Waals surface area contributed by atoms with E-state index in [2.05, 4.69) is 76.0 Å². The quantitative estimate of drug-likeness (QED) is 0.259. The molecule has 6 rings (SSSR count). The zero-order valence-electron chi connectivity index (χ0n) is 20.5. The van der Waals surface area contributed by atoms with Crippen molar-refractivity contribution >= 4 is 23.0 Å². The number of aryl methyl sites for hydroxylation is 1. The molecule has 0 spiro atoms. The van der Waals surface area contributed by atoms with Crippen LogP contribution in [0.1, 0.15) is 30.0 Å². The van der Waals surface area contributed by atoms with Crippen molar-refractivity contribution < 1.29 is 4.52 Å². The predicted molar refractivity (Wildman–Crippen MR) is 146 cm³/mol. The highest BCUT2D eigenvalue weighted by molar-refractivity contribution is 5.79. The first-order valence-electron chi connectivity index (χ1n) is 12.4. The second-order valence-corrected chi connectivity index (χ2v) is 9.35. The van der Waals surface area contributed by atoms with E-state index in [4.69, 9.17) is 9.51 Å². The topological polar surface area (TPSA) is 54.2 Å². The summed E-state index contributed by atoms with van der Waals surface area (Å²) in [5.74, 6) is 3.05. The fourth-order valence-electron chi connectivity index (χ4n) is 4.48. The van der Waals surface area contributed by atoms with E-state index >= 15 is 0 Å². The summed E-state index contributed by atoms with van der Waals surface area (Å²) in [6.07, 6.45) is 2.65. The van der Waals surface area contributed by atoms with Crippen molar-refractivity contribution in [1.82, 2.24) is 10.1 Å². The van der Waals surface area contributed by atoms with Gasteiger partial charge in [-0.15, -0.1) is 0 Å². The van der Waals surface area contributed by atoms with Gasteiger partial charge in [-0.25, -0.2) is 4.98 Å². The molecule has 2 aromatic heterocycles. The molecule has 178 valence electrons. The maximum Gasteiger partial charge on any atom is 0.190 e. The number of para-hydroxylation sites is 1. The first-order valence-corrected chi connectivity index (χ1v) is 12.4. The van der Waals surface area contributed by atoms with Crippen molar-refractivity contribution in [3.05, 3.63) is 108 Å². The second-order valence-electron chi connectivity index (χ2n) is 9.35. The molecule has 5 aromatic rings. The average Bonchev–Trinajstić information content (AvgIpc) is 3.73. The van der Waals surface area contributed by atoms with Crippen molar-refractivity contribution in [1.29, 1.82) is 0 Å². The molecule has 5 heteroatoms. The van der Waals surface area contributed by atoms with Crippen molar-refractivity contribution in [3.63, 3.8) is 0 Å². The molecule has 2 heterocycles. The van der Waals surface area contributed by atoms with Crippen molar-refractivity contribution in [2.45, 2.75) is 25.7 Å². The molecule has 1 aliphatic rings. The van der Waals surface area contributed by atoms with Gasteiger partial charge in [0.25, 0.3) is 0 Å². The zero-order valence-corrected chi connectivity index (χ0v) is 20.5. The van der Waals surface area contributed by atoms with Crippen LogP contribution < -0.4 is 10.2 Å². The minimum atomic E-state index is 0.701. The molecule has 0 amide bonds. The van der Waals surface area contributed by atoms with E-state index in [9.17, 15) is 0 Å². The highest BCUT2D eigenvalue weighted by Crippen LogP contribution is 2.40. The summed E-state index contributed by atoms with van der Waals surface area (Å²) in [4.78, 5) is 6.88. The van der Waals surface area contributed by atoms with Gasteiger partial charge in [-0.05, 0) is 66.6 Å². The summed E-state index contributed by atoms with van der Waals surface area (Å²) < 4.78 is 5.74. The van der Waals surface area contributed by atoms with Gasteiger partial charge in [-0.3, -0.25) is 0 Å². The first-order chi connectivity index (χ1) is 17.7. The molecule has 0 unspecified atom stereocenters. The highest BCUT2D eigenvalue weighted by Gasteiger charge is 2.23. The third-order valence-electron chi connectivity index (χ3n) is 6.78. The Morgan fingerprint density at radius 1 is 0.778 bits per heavy atom. The van der Waals surface area contributed by atoms with Crippen LogP contribution in [0.25, 0.3) is 22.5 Å². The molecule has 1 saturated carbocycles. The number of benzene rings is 3. The lowest BCUT2D eigenvalue weighted by Crippen LogP contribution is -2.11. The SMILES string of the molecule is Cc1noc(-c2ccc(-c3ccc(C4CC4)cc3)cc2)c1Nc1cccc(N(C)c2ccccc2)n1. The normalized spacial score (nSPS) is 12.9. The van der Waals surface area contributed by atoms with Gasteiger partial charge in [0.2, 0.25) is 0 Å². The van der Waals surface area contributed by atoms with Gasteiger partial charge < -0.3 is 14.7 Å². The van der Waals surface area contributed by atoms with Gasteiger partial charge >= 0.3 is 0 Å². The third kappa shape index (κ3) is 4.48. The summed E-state index contributed by atoms with van der Waals surface area (Å²) in [6, 6.07) is 33.5. The standard InChI is InChI=1S/C31H28N4O/c1-21-30(33-28-9-6-10-29(32-28)35(2)27-7-4-3-5-8-27)31(36-34-21)26-19-17-25(18-20-26)24-15-13-23(14-16-24)22-11-12-22/h3-10,13-20,22H,11-12H2,1-2H3,(H,32,33). The Hall–Kier alpha value is -4.38. The van der Waals surface area contributed by atoms with Crippen LogP contribution in [-0.2, 0) is 0 Å². The number of hydrogen-bond acceptors (Lipinski definition) is 5. The molecule has 0 saturated heterocycles. The third-order valence-corrected chi connectivity index (χ3v) is 6.78. The van der Waals surface area contributed by atoms with Crippen molar-refractivity contribution in [3.8, 4) is 22.5 Å². The number of pyridine rings is 1. The largest absolute Gasteiger partial charge is 0.354 e. The number of nitrogens with one attached hydrogen (secondary N) is 1. The lowest BCUT2D eigenvalue weighted by atomic mass is 10.0. The molecule has 0 aliphatic heterocycles. The Balaban J connectivity index is 1.24. The second kappa shape index (κ2) is 9.34. The summed E-state index contributed by atoms with van der Waals surface area (Å²) in [6.45, 7) is 1.94. The summed E-state index contributed by atoms with van der Waals surface area (Å²) in [5, 5.41) is 7.67. The van der Waals surface area contributed by atoms with Crippen LogP contribution in [-0.4, -0.2) is 17.2 Å².